The summed E-state index contributed by atoms with van der Waals surface area (Å²) in [5.74, 6) is 0.754. The van der Waals surface area contributed by atoms with Crippen LogP contribution in [0.15, 0.2) is 6.20 Å². The molecule has 2 bridgehead atoms. The normalized spacial score (nSPS) is 30.0. The number of hydrogen-bond donors (Lipinski definition) is 1. The SMILES string of the molecule is CC1Oc2ncc(F)c3c(I)c(C4COC4)nc(c23)N2CC3CCC(C12)N3C(=O)O. The van der Waals surface area contributed by atoms with Crippen LogP contribution in [0.3, 0.4) is 0 Å². The molecule has 0 saturated carbocycles. The Morgan fingerprint density at radius 2 is 2.13 bits per heavy atom. The van der Waals surface area contributed by atoms with Crippen molar-refractivity contribution in [3.05, 3.63) is 21.3 Å². The van der Waals surface area contributed by atoms with E-state index in [1.54, 1.807) is 4.90 Å². The summed E-state index contributed by atoms with van der Waals surface area (Å²) < 4.78 is 27.4. The first-order valence-corrected chi connectivity index (χ1v) is 11.2. The molecular weight excluding hydrogens is 506 g/mol. The molecule has 3 fully saturated rings. The second-order valence-electron chi connectivity index (χ2n) is 8.48. The number of aromatic nitrogens is 2. The van der Waals surface area contributed by atoms with E-state index in [0.717, 1.165) is 22.1 Å². The predicted molar refractivity (Wildman–Crippen MR) is 114 cm³/mol. The summed E-state index contributed by atoms with van der Waals surface area (Å²) in [4.78, 5) is 25.0. The molecule has 1 N–H and O–H groups in total. The average Bonchev–Trinajstić information content (AvgIpc) is 2.91. The van der Waals surface area contributed by atoms with Crippen LogP contribution in [0.25, 0.3) is 10.8 Å². The lowest BCUT2D eigenvalue weighted by Gasteiger charge is -2.47. The van der Waals surface area contributed by atoms with Gasteiger partial charge in [-0.3, -0.25) is 4.90 Å². The first kappa shape index (κ1) is 18.8. The van der Waals surface area contributed by atoms with Crippen LogP contribution in [0.2, 0.25) is 0 Å². The van der Waals surface area contributed by atoms with E-state index in [1.165, 1.54) is 6.20 Å². The highest BCUT2D eigenvalue weighted by atomic mass is 127. The lowest BCUT2D eigenvalue weighted by atomic mass is 9.97. The molecule has 0 aliphatic carbocycles. The van der Waals surface area contributed by atoms with Crippen molar-refractivity contribution in [3.8, 4) is 5.88 Å². The number of carbonyl (C=O) groups is 1. The minimum Gasteiger partial charge on any atom is -0.472 e. The fourth-order valence-electron chi connectivity index (χ4n) is 5.52. The molecule has 6 heterocycles. The maximum absolute atomic E-state index is 15.0. The van der Waals surface area contributed by atoms with E-state index in [0.29, 0.717) is 42.2 Å². The van der Waals surface area contributed by atoms with Crippen LogP contribution in [0, 0.1) is 9.39 Å². The van der Waals surface area contributed by atoms with Crippen molar-refractivity contribution >= 4 is 45.3 Å². The maximum atomic E-state index is 15.0. The number of fused-ring (bicyclic) bond motifs is 5. The van der Waals surface area contributed by atoms with E-state index in [-0.39, 0.29) is 30.1 Å². The van der Waals surface area contributed by atoms with Crippen molar-refractivity contribution in [3.63, 3.8) is 0 Å². The molecule has 2 aromatic rings. The molecular formula is C20H20FIN4O4. The van der Waals surface area contributed by atoms with E-state index in [2.05, 4.69) is 32.5 Å². The van der Waals surface area contributed by atoms with Gasteiger partial charge in [0, 0.05) is 21.4 Å². The Hall–Kier alpha value is -1.95. The molecule has 1 amide bonds. The standard InChI is InChI=1S/C20H20FIN4O4/c1-8-17-12-3-2-10(26(12)20(27)28)5-25(17)18-14-13(11(21)4-23-19(14)30-8)15(22)16(24-18)9-6-29-7-9/h4,8-10,12,17H,2-3,5-7H2,1H3,(H,27,28). The third-order valence-corrected chi connectivity index (χ3v) is 7.99. The quantitative estimate of drug-likeness (QED) is 0.572. The van der Waals surface area contributed by atoms with Crippen LogP contribution >= 0.6 is 22.6 Å². The van der Waals surface area contributed by atoms with E-state index in [9.17, 15) is 9.90 Å². The molecule has 6 rings (SSSR count). The zero-order chi connectivity index (χ0) is 20.7. The predicted octanol–water partition coefficient (Wildman–Crippen LogP) is 2.97. The number of amides is 1. The number of halogens is 2. The van der Waals surface area contributed by atoms with Gasteiger partial charge in [0.05, 0.1) is 48.6 Å². The topological polar surface area (TPSA) is 88.0 Å². The minimum atomic E-state index is -0.895. The van der Waals surface area contributed by atoms with Gasteiger partial charge in [-0.1, -0.05) is 0 Å². The number of hydrogen-bond acceptors (Lipinski definition) is 6. The van der Waals surface area contributed by atoms with Gasteiger partial charge in [-0.25, -0.2) is 19.2 Å². The summed E-state index contributed by atoms with van der Waals surface area (Å²) >= 11 is 2.16. The third kappa shape index (κ3) is 2.43. The molecule has 2 aromatic heterocycles. The van der Waals surface area contributed by atoms with Crippen LogP contribution in [0.1, 0.15) is 31.4 Å². The van der Waals surface area contributed by atoms with Crippen molar-refractivity contribution in [2.75, 3.05) is 24.7 Å². The smallest absolute Gasteiger partial charge is 0.407 e. The number of anilines is 1. The third-order valence-electron chi connectivity index (χ3n) is 6.90. The fourth-order valence-corrected chi connectivity index (χ4v) is 6.61. The second-order valence-corrected chi connectivity index (χ2v) is 9.56. The van der Waals surface area contributed by atoms with Gasteiger partial charge in [-0.2, -0.15) is 0 Å². The Morgan fingerprint density at radius 1 is 1.33 bits per heavy atom. The number of piperazine rings is 1. The van der Waals surface area contributed by atoms with Gasteiger partial charge in [0.25, 0.3) is 0 Å². The van der Waals surface area contributed by atoms with E-state index >= 15 is 4.39 Å². The van der Waals surface area contributed by atoms with Crippen molar-refractivity contribution < 1.29 is 23.8 Å². The Labute approximate surface area is 185 Å². The molecule has 158 valence electrons. The van der Waals surface area contributed by atoms with E-state index in [4.69, 9.17) is 14.5 Å². The number of nitrogens with zero attached hydrogens (tertiary/aromatic N) is 4. The molecule has 10 heteroatoms. The molecule has 0 aromatic carbocycles. The molecule has 4 atom stereocenters. The van der Waals surface area contributed by atoms with Gasteiger partial charge >= 0.3 is 6.09 Å². The zero-order valence-corrected chi connectivity index (χ0v) is 18.4. The van der Waals surface area contributed by atoms with Crippen molar-refractivity contribution in [1.82, 2.24) is 14.9 Å². The van der Waals surface area contributed by atoms with Gasteiger partial charge in [0.15, 0.2) is 5.82 Å². The summed E-state index contributed by atoms with van der Waals surface area (Å²) in [6.45, 7) is 3.59. The highest BCUT2D eigenvalue weighted by Crippen LogP contribution is 2.47. The molecule has 30 heavy (non-hydrogen) atoms. The first-order chi connectivity index (χ1) is 14.5. The van der Waals surface area contributed by atoms with Crippen molar-refractivity contribution in [2.45, 2.75) is 49.9 Å². The largest absolute Gasteiger partial charge is 0.472 e. The Morgan fingerprint density at radius 3 is 2.83 bits per heavy atom. The van der Waals surface area contributed by atoms with Crippen LogP contribution in [0.5, 0.6) is 5.88 Å². The average molecular weight is 526 g/mol. The van der Waals surface area contributed by atoms with E-state index in [1.807, 2.05) is 6.92 Å². The summed E-state index contributed by atoms with van der Waals surface area (Å²) in [5.41, 5.74) is 0.835. The molecule has 8 nitrogen and oxygen atoms in total. The summed E-state index contributed by atoms with van der Waals surface area (Å²) in [6, 6.07) is -0.508. The highest BCUT2D eigenvalue weighted by molar-refractivity contribution is 14.1. The van der Waals surface area contributed by atoms with Gasteiger partial charge in [0.2, 0.25) is 5.88 Å². The number of rotatable bonds is 1. The monoisotopic (exact) mass is 526 g/mol. The maximum Gasteiger partial charge on any atom is 0.407 e. The second kappa shape index (κ2) is 6.52. The van der Waals surface area contributed by atoms with Crippen LogP contribution < -0.4 is 9.64 Å². The molecule has 0 spiro atoms. The van der Waals surface area contributed by atoms with Crippen molar-refractivity contribution in [1.29, 1.82) is 0 Å². The fraction of sp³-hybridized carbons (Fsp3) is 0.550. The Kier molecular flexibility index (Phi) is 4.09. The molecule has 0 radical (unpaired) electrons. The summed E-state index contributed by atoms with van der Waals surface area (Å²) in [7, 11) is 0. The zero-order valence-electron chi connectivity index (χ0n) is 16.2. The van der Waals surface area contributed by atoms with Crippen LogP contribution in [-0.2, 0) is 4.74 Å². The summed E-state index contributed by atoms with van der Waals surface area (Å²) in [6.07, 6.45) is 1.58. The Bertz CT molecular complexity index is 1080. The summed E-state index contributed by atoms with van der Waals surface area (Å²) in [5, 5.41) is 10.9. The van der Waals surface area contributed by atoms with Gasteiger partial charge in [-0.15, -0.1) is 0 Å². The lowest BCUT2D eigenvalue weighted by molar-refractivity contribution is 0.00643. The van der Waals surface area contributed by atoms with Gasteiger partial charge < -0.3 is 19.5 Å². The van der Waals surface area contributed by atoms with Crippen molar-refractivity contribution in [2.24, 2.45) is 0 Å². The lowest BCUT2D eigenvalue weighted by Crippen LogP contribution is -2.65. The molecule has 3 saturated heterocycles. The number of carboxylic acid groups (broad SMARTS) is 1. The Balaban J connectivity index is 1.60. The van der Waals surface area contributed by atoms with Crippen LogP contribution in [-0.4, -0.2) is 70.1 Å². The molecule has 4 unspecified atom stereocenters. The molecule has 4 aliphatic rings. The highest BCUT2D eigenvalue weighted by Gasteiger charge is 2.53. The number of ether oxygens (including phenoxy) is 2. The first-order valence-electron chi connectivity index (χ1n) is 10.2. The van der Waals surface area contributed by atoms with Gasteiger partial charge in [-0.05, 0) is 42.4 Å². The van der Waals surface area contributed by atoms with Gasteiger partial charge in [0.1, 0.15) is 11.9 Å². The van der Waals surface area contributed by atoms with E-state index < -0.39 is 11.9 Å². The van der Waals surface area contributed by atoms with Crippen LogP contribution in [0.4, 0.5) is 15.0 Å². The number of pyridine rings is 2. The molecule has 4 aliphatic heterocycles. The minimum absolute atomic E-state index is 0.106.